The maximum Gasteiger partial charge on any atom is 0.167 e. The van der Waals surface area contributed by atoms with Gasteiger partial charge in [-0.25, -0.2) is 0 Å². The van der Waals surface area contributed by atoms with E-state index in [4.69, 9.17) is 16.3 Å². The van der Waals surface area contributed by atoms with Crippen molar-refractivity contribution in [2.24, 2.45) is 0 Å². The standard InChI is InChI=1S/C14H13ClN2O2S/c1-7-3-4-11(13-10(18)5-8(2)12(7)13)19-6-9-14(15)20-17-16-9/h3-4,8H,5-6H2,1-2H3/t8-/m0/s1. The highest BCUT2D eigenvalue weighted by Crippen LogP contribution is 2.40. The summed E-state index contributed by atoms with van der Waals surface area (Å²) >= 11 is 7.07. The molecule has 0 unspecified atom stereocenters. The van der Waals surface area contributed by atoms with Crippen molar-refractivity contribution in [3.63, 3.8) is 0 Å². The quantitative estimate of drug-likeness (QED) is 0.866. The van der Waals surface area contributed by atoms with E-state index in [1.807, 2.05) is 19.1 Å². The topological polar surface area (TPSA) is 52.1 Å². The van der Waals surface area contributed by atoms with E-state index in [9.17, 15) is 4.79 Å². The van der Waals surface area contributed by atoms with Crippen molar-refractivity contribution in [3.05, 3.63) is 38.9 Å². The van der Waals surface area contributed by atoms with Gasteiger partial charge in [-0.1, -0.05) is 29.1 Å². The van der Waals surface area contributed by atoms with Crippen molar-refractivity contribution in [2.75, 3.05) is 0 Å². The van der Waals surface area contributed by atoms with Crippen LogP contribution in [0.3, 0.4) is 0 Å². The van der Waals surface area contributed by atoms with Gasteiger partial charge in [-0.2, -0.15) is 0 Å². The van der Waals surface area contributed by atoms with E-state index in [2.05, 4.69) is 16.5 Å². The van der Waals surface area contributed by atoms with E-state index in [0.717, 1.165) is 28.2 Å². The average Bonchev–Trinajstić information content (AvgIpc) is 2.94. The van der Waals surface area contributed by atoms with Crippen molar-refractivity contribution in [1.82, 2.24) is 9.59 Å². The minimum Gasteiger partial charge on any atom is -0.486 e. The molecular formula is C14H13ClN2O2S. The molecule has 0 radical (unpaired) electrons. The molecule has 0 saturated carbocycles. The molecule has 1 atom stereocenters. The molecule has 0 spiro atoms. The van der Waals surface area contributed by atoms with Gasteiger partial charge in [0.15, 0.2) is 5.78 Å². The summed E-state index contributed by atoms with van der Waals surface area (Å²) in [6, 6.07) is 3.84. The predicted octanol–water partition coefficient (Wildman–Crippen LogP) is 3.77. The molecule has 0 aliphatic heterocycles. The highest BCUT2D eigenvalue weighted by Gasteiger charge is 2.31. The average molecular weight is 309 g/mol. The Hall–Kier alpha value is -1.46. The third-order valence-electron chi connectivity index (χ3n) is 3.56. The lowest BCUT2D eigenvalue weighted by molar-refractivity contribution is 0.0986. The van der Waals surface area contributed by atoms with Gasteiger partial charge in [0.2, 0.25) is 0 Å². The summed E-state index contributed by atoms with van der Waals surface area (Å²) in [5, 5.41) is 3.90. The fraction of sp³-hybridized carbons (Fsp3) is 0.357. The minimum absolute atomic E-state index is 0.147. The first-order chi connectivity index (χ1) is 9.58. The summed E-state index contributed by atoms with van der Waals surface area (Å²) in [7, 11) is 0. The van der Waals surface area contributed by atoms with Crippen molar-refractivity contribution in [3.8, 4) is 5.75 Å². The molecule has 6 heteroatoms. The number of hydrogen-bond donors (Lipinski definition) is 0. The molecular weight excluding hydrogens is 296 g/mol. The summed E-state index contributed by atoms with van der Waals surface area (Å²) in [6.07, 6.45) is 0.551. The molecule has 1 aromatic heterocycles. The number of fused-ring (bicyclic) bond motifs is 1. The normalized spacial score (nSPS) is 17.4. The van der Waals surface area contributed by atoms with E-state index in [1.54, 1.807) is 0 Å². The maximum absolute atomic E-state index is 12.1. The zero-order valence-electron chi connectivity index (χ0n) is 11.1. The highest BCUT2D eigenvalue weighted by atomic mass is 35.5. The summed E-state index contributed by atoms with van der Waals surface area (Å²) < 4.78 is 10.0. The number of aromatic nitrogens is 2. The Morgan fingerprint density at radius 2 is 2.30 bits per heavy atom. The predicted molar refractivity (Wildman–Crippen MR) is 77.8 cm³/mol. The monoisotopic (exact) mass is 308 g/mol. The molecule has 0 saturated heterocycles. The lowest BCUT2D eigenvalue weighted by Crippen LogP contribution is -2.03. The molecule has 1 aliphatic rings. The van der Waals surface area contributed by atoms with Crippen LogP contribution in [0.5, 0.6) is 5.75 Å². The van der Waals surface area contributed by atoms with Gasteiger partial charge in [0.05, 0.1) is 5.56 Å². The SMILES string of the molecule is Cc1ccc(OCc2nnsc2Cl)c2c1[C@@H](C)CC2=O. The Labute approximate surface area is 125 Å². The third kappa shape index (κ3) is 2.21. The smallest absolute Gasteiger partial charge is 0.167 e. The van der Waals surface area contributed by atoms with Crippen molar-refractivity contribution in [2.45, 2.75) is 32.8 Å². The number of ketones is 1. The molecule has 20 heavy (non-hydrogen) atoms. The van der Waals surface area contributed by atoms with E-state index >= 15 is 0 Å². The molecule has 0 amide bonds. The second kappa shape index (κ2) is 5.14. The second-order valence-corrected chi connectivity index (χ2v) is 6.34. The van der Waals surface area contributed by atoms with Gasteiger partial charge in [0, 0.05) is 18.0 Å². The zero-order valence-corrected chi connectivity index (χ0v) is 12.7. The molecule has 4 nitrogen and oxygen atoms in total. The highest BCUT2D eigenvalue weighted by molar-refractivity contribution is 7.10. The summed E-state index contributed by atoms with van der Waals surface area (Å²) in [4.78, 5) is 12.1. The van der Waals surface area contributed by atoms with Gasteiger partial charge >= 0.3 is 0 Å². The largest absolute Gasteiger partial charge is 0.486 e. The number of ether oxygens (including phenoxy) is 1. The summed E-state index contributed by atoms with van der Waals surface area (Å²) in [5.41, 5.74) is 3.57. The van der Waals surface area contributed by atoms with E-state index < -0.39 is 0 Å². The van der Waals surface area contributed by atoms with Crippen LogP contribution in [0.25, 0.3) is 0 Å². The Balaban J connectivity index is 1.92. The van der Waals surface area contributed by atoms with Gasteiger partial charge < -0.3 is 4.74 Å². The summed E-state index contributed by atoms with van der Waals surface area (Å²) in [5.74, 6) is 1.02. The van der Waals surface area contributed by atoms with Crippen LogP contribution in [0.4, 0.5) is 0 Å². The van der Waals surface area contributed by atoms with E-state index in [-0.39, 0.29) is 18.3 Å². The van der Waals surface area contributed by atoms with Crippen LogP contribution >= 0.6 is 23.1 Å². The first kappa shape index (κ1) is 13.5. The first-order valence-corrected chi connectivity index (χ1v) is 7.49. The van der Waals surface area contributed by atoms with Gasteiger partial charge in [-0.15, -0.1) is 5.10 Å². The molecule has 2 aromatic rings. The molecule has 0 fully saturated rings. The van der Waals surface area contributed by atoms with Gasteiger partial charge in [0.1, 0.15) is 22.4 Å². The number of halogens is 1. The van der Waals surface area contributed by atoms with Crippen LogP contribution in [0.1, 0.15) is 46.4 Å². The van der Waals surface area contributed by atoms with Gasteiger partial charge in [-0.3, -0.25) is 4.79 Å². The fourth-order valence-electron chi connectivity index (χ4n) is 2.66. The number of aryl methyl sites for hydroxylation is 1. The van der Waals surface area contributed by atoms with Crippen LogP contribution in [-0.2, 0) is 6.61 Å². The summed E-state index contributed by atoms with van der Waals surface area (Å²) in [6.45, 7) is 4.33. The number of carbonyl (C=O) groups excluding carboxylic acids is 1. The molecule has 3 rings (SSSR count). The number of nitrogens with zero attached hydrogens (tertiary/aromatic N) is 2. The maximum atomic E-state index is 12.1. The molecule has 104 valence electrons. The van der Waals surface area contributed by atoms with Crippen molar-refractivity contribution in [1.29, 1.82) is 0 Å². The Morgan fingerprint density at radius 1 is 1.50 bits per heavy atom. The number of Topliss-reactive ketones (excluding diaryl/α,β-unsaturated/α-hetero) is 1. The Bertz CT molecular complexity index is 684. The second-order valence-electron chi connectivity index (χ2n) is 4.98. The van der Waals surface area contributed by atoms with E-state index in [0.29, 0.717) is 22.2 Å². The molecule has 0 N–H and O–H groups in total. The number of carbonyl (C=O) groups is 1. The Morgan fingerprint density at radius 3 is 3.00 bits per heavy atom. The number of rotatable bonds is 3. The molecule has 1 aliphatic carbocycles. The van der Waals surface area contributed by atoms with E-state index in [1.165, 1.54) is 0 Å². The molecule has 1 heterocycles. The van der Waals surface area contributed by atoms with Crippen molar-refractivity contribution >= 4 is 28.9 Å². The van der Waals surface area contributed by atoms with Gasteiger partial charge in [0.25, 0.3) is 0 Å². The zero-order chi connectivity index (χ0) is 14.3. The van der Waals surface area contributed by atoms with Gasteiger partial charge in [-0.05, 0) is 30.0 Å². The fourth-order valence-corrected chi connectivity index (χ4v) is 3.26. The third-order valence-corrected chi connectivity index (χ3v) is 4.55. The lowest BCUT2D eigenvalue weighted by Gasteiger charge is -2.12. The van der Waals surface area contributed by atoms with Crippen LogP contribution in [0.15, 0.2) is 12.1 Å². The first-order valence-electron chi connectivity index (χ1n) is 6.34. The molecule has 1 aromatic carbocycles. The van der Waals surface area contributed by atoms with Crippen LogP contribution in [0, 0.1) is 6.92 Å². The van der Waals surface area contributed by atoms with Crippen LogP contribution < -0.4 is 4.74 Å². The van der Waals surface area contributed by atoms with Crippen LogP contribution in [-0.4, -0.2) is 15.4 Å². The number of benzene rings is 1. The Kier molecular flexibility index (Phi) is 3.48. The minimum atomic E-state index is 0.147. The molecule has 0 bridgehead atoms. The number of hydrogen-bond acceptors (Lipinski definition) is 5. The van der Waals surface area contributed by atoms with Crippen molar-refractivity contribution < 1.29 is 9.53 Å². The van der Waals surface area contributed by atoms with Crippen LogP contribution in [0.2, 0.25) is 4.34 Å². The lowest BCUT2D eigenvalue weighted by atomic mass is 9.97.